The molecule has 3 N–H and O–H groups in total. The average Bonchev–Trinajstić information content (AvgIpc) is 2.97. The maximum Gasteiger partial charge on any atom is 0.407 e. The van der Waals surface area contributed by atoms with Crippen molar-refractivity contribution in [3.63, 3.8) is 0 Å². The van der Waals surface area contributed by atoms with Gasteiger partial charge in [0.15, 0.2) is 0 Å². The molecule has 40 heavy (non-hydrogen) atoms. The van der Waals surface area contributed by atoms with Gasteiger partial charge in [-0.15, -0.1) is 0 Å². The van der Waals surface area contributed by atoms with E-state index in [2.05, 4.69) is 21.6 Å². The second-order valence-corrected chi connectivity index (χ2v) is 10.9. The summed E-state index contributed by atoms with van der Waals surface area (Å²) in [4.78, 5) is 28.0. The van der Waals surface area contributed by atoms with E-state index in [1.54, 1.807) is 12.1 Å². The molecule has 0 aromatic heterocycles. The van der Waals surface area contributed by atoms with Gasteiger partial charge in [-0.25, -0.2) is 9.18 Å². The Morgan fingerprint density at radius 2 is 1.80 bits per heavy atom. The minimum Gasteiger partial charge on any atom is -0.465 e. The number of rotatable bonds is 7. The van der Waals surface area contributed by atoms with Crippen molar-refractivity contribution in [2.24, 2.45) is 0 Å². The molecular weight excluding hydrogens is 507 g/mol. The van der Waals surface area contributed by atoms with Crippen molar-refractivity contribution < 1.29 is 19.1 Å². The van der Waals surface area contributed by atoms with E-state index in [9.17, 15) is 19.1 Å². The van der Waals surface area contributed by atoms with Crippen molar-refractivity contribution in [1.29, 1.82) is 0 Å². The molecule has 2 aliphatic heterocycles. The fourth-order valence-corrected chi connectivity index (χ4v) is 5.83. The summed E-state index contributed by atoms with van der Waals surface area (Å²) >= 11 is 0. The van der Waals surface area contributed by atoms with Crippen molar-refractivity contribution in [1.82, 2.24) is 20.4 Å². The lowest BCUT2D eigenvalue weighted by atomic mass is 9.89. The zero-order valence-electron chi connectivity index (χ0n) is 22.9. The summed E-state index contributed by atoms with van der Waals surface area (Å²) in [5.74, 6) is 0.0219. The maximum atomic E-state index is 14.9. The number of piperidine rings is 1. The summed E-state index contributed by atoms with van der Waals surface area (Å²) in [6, 6.07) is 20.6. The van der Waals surface area contributed by atoms with E-state index < -0.39 is 6.09 Å². The van der Waals surface area contributed by atoms with Crippen LogP contribution >= 0.6 is 0 Å². The minimum absolute atomic E-state index is 0.0780. The lowest BCUT2D eigenvalue weighted by Gasteiger charge is -2.38. The van der Waals surface area contributed by atoms with Crippen LogP contribution in [-0.2, 0) is 13.1 Å². The fraction of sp³-hybridized carbons (Fsp3) is 0.375. The first-order chi connectivity index (χ1) is 19.4. The van der Waals surface area contributed by atoms with Crippen molar-refractivity contribution in [2.75, 3.05) is 32.7 Å². The molecule has 7 nitrogen and oxygen atoms in total. The minimum atomic E-state index is -0.883. The molecule has 5 rings (SSSR count). The molecule has 1 atom stereocenters. The van der Waals surface area contributed by atoms with Gasteiger partial charge < -0.3 is 20.6 Å². The summed E-state index contributed by atoms with van der Waals surface area (Å²) < 4.78 is 14.9. The zero-order chi connectivity index (χ0) is 28.1. The van der Waals surface area contributed by atoms with Gasteiger partial charge in [0, 0.05) is 49.9 Å². The summed E-state index contributed by atoms with van der Waals surface area (Å²) in [7, 11) is 0. The van der Waals surface area contributed by atoms with E-state index in [1.807, 2.05) is 49.4 Å². The Bertz CT molecular complexity index is 1360. The van der Waals surface area contributed by atoms with Gasteiger partial charge >= 0.3 is 6.09 Å². The van der Waals surface area contributed by atoms with E-state index >= 15 is 0 Å². The Morgan fingerprint density at radius 1 is 1.00 bits per heavy atom. The predicted molar refractivity (Wildman–Crippen MR) is 154 cm³/mol. The second kappa shape index (κ2) is 12.6. The molecule has 0 saturated carbocycles. The van der Waals surface area contributed by atoms with Crippen LogP contribution in [0.5, 0.6) is 0 Å². The molecule has 2 amide bonds. The van der Waals surface area contributed by atoms with Crippen LogP contribution in [0.4, 0.5) is 9.18 Å². The third-order valence-corrected chi connectivity index (χ3v) is 8.04. The number of halogens is 1. The molecule has 2 fully saturated rings. The first kappa shape index (κ1) is 27.8. The molecule has 2 heterocycles. The first-order valence-corrected chi connectivity index (χ1v) is 14.1. The highest BCUT2D eigenvalue weighted by molar-refractivity contribution is 5.94. The molecule has 3 aromatic rings. The third-order valence-electron chi connectivity index (χ3n) is 8.04. The van der Waals surface area contributed by atoms with Crippen LogP contribution in [0, 0.1) is 5.82 Å². The second-order valence-electron chi connectivity index (χ2n) is 10.9. The number of piperazine rings is 1. The summed E-state index contributed by atoms with van der Waals surface area (Å²) in [6.45, 7) is 6.67. The smallest absolute Gasteiger partial charge is 0.407 e. The Morgan fingerprint density at radius 3 is 2.58 bits per heavy atom. The van der Waals surface area contributed by atoms with Crippen molar-refractivity contribution in [3.05, 3.63) is 94.8 Å². The van der Waals surface area contributed by atoms with Crippen LogP contribution in [0.1, 0.15) is 52.7 Å². The zero-order valence-corrected chi connectivity index (χ0v) is 22.9. The molecule has 8 heteroatoms. The highest BCUT2D eigenvalue weighted by Gasteiger charge is 2.27. The number of nitrogens with zero attached hydrogens (tertiary/aromatic N) is 2. The van der Waals surface area contributed by atoms with Crippen LogP contribution in [0.15, 0.2) is 66.7 Å². The number of hydrogen-bond donors (Lipinski definition) is 3. The van der Waals surface area contributed by atoms with Gasteiger partial charge in [-0.05, 0) is 91.4 Å². The van der Waals surface area contributed by atoms with E-state index in [0.29, 0.717) is 49.8 Å². The molecule has 0 spiro atoms. The molecule has 3 aromatic carbocycles. The summed E-state index contributed by atoms with van der Waals surface area (Å²) in [5.41, 5.74) is 4.98. The van der Waals surface area contributed by atoms with Crippen LogP contribution in [0.3, 0.4) is 0 Å². The largest absolute Gasteiger partial charge is 0.465 e. The SMILES string of the molecule is C[C@H]1CN(Cc2cccc(-c3cc(CNC(=O)c4cccc(C5CCNCC5)c4)ccc3F)c2)CCN1C(=O)O. The highest BCUT2D eigenvalue weighted by atomic mass is 19.1. The molecular formula is C32H37FN4O3. The topological polar surface area (TPSA) is 84.9 Å². The normalized spacial score (nSPS) is 18.4. The van der Waals surface area contributed by atoms with Gasteiger partial charge in [-0.3, -0.25) is 9.69 Å². The Balaban J connectivity index is 1.23. The van der Waals surface area contributed by atoms with Gasteiger partial charge in [-0.2, -0.15) is 0 Å². The monoisotopic (exact) mass is 544 g/mol. The summed E-state index contributed by atoms with van der Waals surface area (Å²) in [6.07, 6.45) is 1.27. The maximum absolute atomic E-state index is 14.9. The molecule has 2 aliphatic rings. The molecule has 0 radical (unpaired) electrons. The highest BCUT2D eigenvalue weighted by Crippen LogP contribution is 2.27. The number of carbonyl (C=O) groups excluding carboxylic acids is 1. The van der Waals surface area contributed by atoms with Crippen LogP contribution in [0.2, 0.25) is 0 Å². The van der Waals surface area contributed by atoms with Crippen LogP contribution in [-0.4, -0.2) is 65.7 Å². The van der Waals surface area contributed by atoms with Crippen molar-refractivity contribution in [2.45, 2.75) is 44.8 Å². The van der Waals surface area contributed by atoms with E-state index in [0.717, 1.165) is 42.6 Å². The number of carbonyl (C=O) groups is 2. The van der Waals surface area contributed by atoms with E-state index in [1.165, 1.54) is 16.5 Å². The third kappa shape index (κ3) is 6.69. The van der Waals surface area contributed by atoms with Gasteiger partial charge in [0.1, 0.15) is 5.82 Å². The van der Waals surface area contributed by atoms with Gasteiger partial charge in [0.25, 0.3) is 5.91 Å². The van der Waals surface area contributed by atoms with E-state index in [4.69, 9.17) is 0 Å². The number of nitrogens with one attached hydrogen (secondary N) is 2. The van der Waals surface area contributed by atoms with Gasteiger partial charge in [0.2, 0.25) is 0 Å². The quantitative estimate of drug-likeness (QED) is 0.387. The van der Waals surface area contributed by atoms with Gasteiger partial charge in [-0.1, -0.05) is 36.4 Å². The average molecular weight is 545 g/mol. The van der Waals surface area contributed by atoms with Crippen molar-refractivity contribution in [3.8, 4) is 11.1 Å². The molecule has 2 saturated heterocycles. The Kier molecular flexibility index (Phi) is 8.77. The predicted octanol–water partition coefficient (Wildman–Crippen LogP) is 5.07. The fourth-order valence-electron chi connectivity index (χ4n) is 5.83. The molecule has 0 aliphatic carbocycles. The summed E-state index contributed by atoms with van der Waals surface area (Å²) in [5, 5.41) is 15.7. The number of hydrogen-bond acceptors (Lipinski definition) is 4. The Hall–Kier alpha value is -3.75. The van der Waals surface area contributed by atoms with Crippen LogP contribution < -0.4 is 10.6 Å². The number of benzene rings is 3. The lowest BCUT2D eigenvalue weighted by molar-refractivity contribution is 0.0711. The van der Waals surface area contributed by atoms with Crippen molar-refractivity contribution >= 4 is 12.0 Å². The standard InChI is InChI=1S/C32H37FN4O3/c1-22-20-36(14-15-37(22)32(39)40)21-24-4-2-6-27(16-24)29-17-23(8-9-30(29)33)19-35-31(38)28-7-3-5-26(18-28)25-10-12-34-13-11-25/h2-9,16-18,22,25,34H,10-15,19-21H2,1H3,(H,35,38)(H,39,40)/t22-/m0/s1. The number of carboxylic acid groups (broad SMARTS) is 1. The molecule has 0 unspecified atom stereocenters. The van der Waals surface area contributed by atoms with Gasteiger partial charge in [0.05, 0.1) is 0 Å². The molecule has 210 valence electrons. The Labute approximate surface area is 235 Å². The lowest BCUT2D eigenvalue weighted by Crippen LogP contribution is -2.53. The molecule has 0 bridgehead atoms. The van der Waals surface area contributed by atoms with E-state index in [-0.39, 0.29) is 17.8 Å². The number of amides is 2. The first-order valence-electron chi connectivity index (χ1n) is 14.1. The van der Waals surface area contributed by atoms with Crippen LogP contribution in [0.25, 0.3) is 11.1 Å².